The Balaban J connectivity index is 3.43. The van der Waals surface area contributed by atoms with Gasteiger partial charge in [0.05, 0.1) is 6.20 Å². The highest BCUT2D eigenvalue weighted by Gasteiger charge is 2.61. The Bertz CT molecular complexity index is 423. The van der Waals surface area contributed by atoms with Crippen LogP contribution in [0.15, 0.2) is 6.20 Å². The average molecular weight is 244 g/mol. The lowest BCUT2D eigenvalue weighted by molar-refractivity contribution is -0.292. The van der Waals surface area contributed by atoms with E-state index in [9.17, 15) is 26.7 Å². The van der Waals surface area contributed by atoms with E-state index in [1.54, 1.807) is 0 Å². The first kappa shape index (κ1) is 12.4. The number of hydrogen-bond donors (Lipinski definition) is 1. The summed E-state index contributed by atoms with van der Waals surface area (Å²) in [7, 11) is 0.807. The summed E-state index contributed by atoms with van der Waals surface area (Å²) in [4.78, 5) is 10.5. The number of carboxylic acid groups (broad SMARTS) is 1. The van der Waals surface area contributed by atoms with E-state index in [2.05, 4.69) is 5.10 Å². The van der Waals surface area contributed by atoms with Crippen LogP contribution in [0.2, 0.25) is 0 Å². The zero-order chi connectivity index (χ0) is 12.7. The third-order valence-corrected chi connectivity index (χ3v) is 1.82. The Morgan fingerprint density at radius 3 is 2.25 bits per heavy atom. The van der Waals surface area contributed by atoms with Crippen LogP contribution in [0.1, 0.15) is 16.1 Å². The zero-order valence-corrected chi connectivity index (χ0v) is 7.72. The molecule has 0 radical (unpaired) electrons. The Hall–Kier alpha value is -1.67. The van der Waals surface area contributed by atoms with Gasteiger partial charge in [-0.1, -0.05) is 0 Å². The van der Waals surface area contributed by atoms with E-state index < -0.39 is 29.3 Å². The smallest absolute Gasteiger partial charge is 0.459 e. The summed E-state index contributed by atoms with van der Waals surface area (Å²) in [6, 6.07) is 0. The summed E-state index contributed by atoms with van der Waals surface area (Å²) in [5, 5.41) is 11.5. The van der Waals surface area contributed by atoms with Gasteiger partial charge < -0.3 is 5.11 Å². The average Bonchev–Trinajstić information content (AvgIpc) is 2.45. The second-order valence-corrected chi connectivity index (χ2v) is 2.91. The molecule has 0 fully saturated rings. The lowest BCUT2D eigenvalue weighted by Gasteiger charge is -2.20. The molecule has 0 aliphatic carbocycles. The molecular weight excluding hydrogens is 239 g/mol. The van der Waals surface area contributed by atoms with Crippen molar-refractivity contribution in [2.45, 2.75) is 12.1 Å². The molecule has 0 saturated carbocycles. The topological polar surface area (TPSA) is 55.1 Å². The van der Waals surface area contributed by atoms with Gasteiger partial charge in [-0.05, 0) is 0 Å². The molecule has 1 aromatic rings. The predicted molar refractivity (Wildman–Crippen MR) is 40.1 cm³/mol. The number of hydrogen-bond acceptors (Lipinski definition) is 2. The van der Waals surface area contributed by atoms with Crippen LogP contribution in [0.5, 0.6) is 0 Å². The molecule has 90 valence electrons. The van der Waals surface area contributed by atoms with Crippen LogP contribution in [-0.4, -0.2) is 27.0 Å². The van der Waals surface area contributed by atoms with E-state index in [0.29, 0.717) is 6.20 Å². The van der Waals surface area contributed by atoms with Gasteiger partial charge in [-0.15, -0.1) is 0 Å². The molecule has 4 nitrogen and oxygen atoms in total. The van der Waals surface area contributed by atoms with E-state index in [0.717, 1.165) is 7.05 Å². The molecule has 0 bridgehead atoms. The Labute approximate surface area is 85.3 Å². The minimum atomic E-state index is -5.87. The molecule has 16 heavy (non-hydrogen) atoms. The molecule has 0 atom stereocenters. The fourth-order valence-electron chi connectivity index (χ4n) is 1.10. The van der Waals surface area contributed by atoms with Crippen molar-refractivity contribution in [3.05, 3.63) is 17.5 Å². The maximum Gasteiger partial charge on any atom is 0.459 e. The van der Waals surface area contributed by atoms with Crippen molar-refractivity contribution >= 4 is 5.97 Å². The van der Waals surface area contributed by atoms with E-state index in [1.807, 2.05) is 0 Å². The summed E-state index contributed by atoms with van der Waals surface area (Å²) in [5.74, 6) is -7.15. The van der Waals surface area contributed by atoms with Crippen molar-refractivity contribution in [3.8, 4) is 0 Å². The second kappa shape index (κ2) is 3.42. The second-order valence-electron chi connectivity index (χ2n) is 2.91. The molecule has 0 aromatic carbocycles. The summed E-state index contributed by atoms with van der Waals surface area (Å²) < 4.78 is 62.2. The van der Waals surface area contributed by atoms with Crippen molar-refractivity contribution in [1.29, 1.82) is 0 Å². The minimum absolute atomic E-state index is 0.191. The number of aryl methyl sites for hydroxylation is 1. The lowest BCUT2D eigenvalue weighted by Crippen LogP contribution is -2.36. The number of nitrogens with zero attached hydrogens (tertiary/aromatic N) is 2. The van der Waals surface area contributed by atoms with E-state index in [4.69, 9.17) is 5.11 Å². The highest BCUT2D eigenvalue weighted by atomic mass is 19.4. The maximum absolute atomic E-state index is 12.9. The van der Waals surface area contributed by atoms with E-state index in [-0.39, 0.29) is 4.68 Å². The van der Waals surface area contributed by atoms with Crippen LogP contribution in [-0.2, 0) is 13.0 Å². The largest absolute Gasteiger partial charge is 0.478 e. The molecule has 1 rings (SSSR count). The molecule has 1 N–H and O–H groups in total. The van der Waals surface area contributed by atoms with Gasteiger partial charge in [0.25, 0.3) is 0 Å². The minimum Gasteiger partial charge on any atom is -0.478 e. The summed E-state index contributed by atoms with van der Waals surface area (Å²) in [5.41, 5.74) is -2.86. The van der Waals surface area contributed by atoms with Crippen LogP contribution >= 0.6 is 0 Å². The quantitative estimate of drug-likeness (QED) is 0.806. The first-order chi connectivity index (χ1) is 7.09. The van der Waals surface area contributed by atoms with Gasteiger partial charge in [0.2, 0.25) is 0 Å². The number of carbonyl (C=O) groups is 1. The molecular formula is C7H5F5N2O2. The lowest BCUT2D eigenvalue weighted by atomic mass is 10.1. The Kier molecular flexibility index (Phi) is 2.65. The molecule has 0 amide bonds. The maximum atomic E-state index is 12.9. The van der Waals surface area contributed by atoms with Crippen molar-refractivity contribution in [2.75, 3.05) is 0 Å². The van der Waals surface area contributed by atoms with Crippen molar-refractivity contribution < 1.29 is 31.9 Å². The van der Waals surface area contributed by atoms with Gasteiger partial charge >= 0.3 is 18.1 Å². The van der Waals surface area contributed by atoms with Gasteiger partial charge in [-0.3, -0.25) is 4.68 Å². The molecule has 0 spiro atoms. The molecule has 0 aliphatic rings. The van der Waals surface area contributed by atoms with Gasteiger partial charge in [0, 0.05) is 7.05 Å². The fourth-order valence-corrected chi connectivity index (χ4v) is 1.10. The molecule has 0 unspecified atom stereocenters. The predicted octanol–water partition coefficient (Wildman–Crippen LogP) is 1.77. The highest BCUT2D eigenvalue weighted by Crippen LogP contribution is 2.44. The van der Waals surface area contributed by atoms with Gasteiger partial charge in [-0.2, -0.15) is 27.1 Å². The fraction of sp³-hybridized carbons (Fsp3) is 0.429. The summed E-state index contributed by atoms with van der Waals surface area (Å²) >= 11 is 0. The van der Waals surface area contributed by atoms with E-state index >= 15 is 0 Å². The molecule has 9 heteroatoms. The van der Waals surface area contributed by atoms with Gasteiger partial charge in [0.15, 0.2) is 0 Å². The Morgan fingerprint density at radius 2 is 1.88 bits per heavy atom. The number of carboxylic acids is 1. The highest BCUT2D eigenvalue weighted by molar-refractivity contribution is 5.89. The van der Waals surface area contributed by atoms with Crippen LogP contribution in [0.4, 0.5) is 22.0 Å². The third kappa shape index (κ3) is 1.72. The summed E-state index contributed by atoms with van der Waals surface area (Å²) in [6.45, 7) is 0. The van der Waals surface area contributed by atoms with Crippen LogP contribution in [0.25, 0.3) is 0 Å². The summed E-state index contributed by atoms with van der Waals surface area (Å²) in [6.07, 6.45) is -5.43. The number of rotatable bonds is 2. The third-order valence-electron chi connectivity index (χ3n) is 1.82. The number of halogens is 5. The Morgan fingerprint density at radius 1 is 1.38 bits per heavy atom. The molecule has 1 aromatic heterocycles. The van der Waals surface area contributed by atoms with Crippen LogP contribution in [0, 0.1) is 0 Å². The number of alkyl halides is 5. The molecule has 1 heterocycles. The normalized spacial score (nSPS) is 12.9. The standard InChI is InChI=1S/C7H5F5N2O2/c1-14-4(3(2-13-14)5(15)16)6(8,9)7(10,11)12/h2H,1H3,(H,15,16). The number of aromatic carboxylic acids is 1. The van der Waals surface area contributed by atoms with Crippen LogP contribution < -0.4 is 0 Å². The number of aromatic nitrogens is 2. The first-order valence-corrected chi connectivity index (χ1v) is 3.79. The molecule has 0 aliphatic heterocycles. The van der Waals surface area contributed by atoms with E-state index in [1.165, 1.54) is 0 Å². The van der Waals surface area contributed by atoms with Gasteiger partial charge in [-0.25, -0.2) is 4.79 Å². The van der Waals surface area contributed by atoms with Gasteiger partial charge in [0.1, 0.15) is 11.3 Å². The SMILES string of the molecule is Cn1ncc(C(=O)O)c1C(F)(F)C(F)(F)F. The monoisotopic (exact) mass is 244 g/mol. The molecule has 0 saturated heterocycles. The van der Waals surface area contributed by atoms with Crippen molar-refractivity contribution in [3.63, 3.8) is 0 Å². The first-order valence-electron chi connectivity index (χ1n) is 3.79. The van der Waals surface area contributed by atoms with Crippen molar-refractivity contribution in [1.82, 2.24) is 9.78 Å². The zero-order valence-electron chi connectivity index (χ0n) is 7.72. The van der Waals surface area contributed by atoms with Crippen LogP contribution in [0.3, 0.4) is 0 Å². The van der Waals surface area contributed by atoms with Crippen molar-refractivity contribution in [2.24, 2.45) is 7.05 Å².